The predicted octanol–water partition coefficient (Wildman–Crippen LogP) is 2.21. The quantitative estimate of drug-likeness (QED) is 0.751. The number of hydrogen-bond donors (Lipinski definition) is 2. The number of benzene rings is 1. The van der Waals surface area contributed by atoms with E-state index in [0.29, 0.717) is 17.3 Å². The maximum absolute atomic E-state index is 11.4. The van der Waals surface area contributed by atoms with Crippen molar-refractivity contribution in [3.63, 3.8) is 0 Å². The zero-order chi connectivity index (χ0) is 13.4. The molecule has 1 aromatic rings. The third-order valence-corrected chi connectivity index (χ3v) is 2.92. The van der Waals surface area contributed by atoms with E-state index in [1.165, 1.54) is 0 Å². The van der Waals surface area contributed by atoms with E-state index < -0.39 is 0 Å². The smallest absolute Gasteiger partial charge is 0.257 e. The first-order valence-electron chi connectivity index (χ1n) is 5.68. The van der Waals surface area contributed by atoms with Crippen molar-refractivity contribution < 1.29 is 9.53 Å². The summed E-state index contributed by atoms with van der Waals surface area (Å²) in [5, 5.41) is 6.33. The van der Waals surface area contributed by atoms with Gasteiger partial charge in [0.2, 0.25) is 0 Å². The highest BCUT2D eigenvalue weighted by Gasteiger charge is 2.05. The molecule has 2 N–H and O–H groups in total. The van der Waals surface area contributed by atoms with Crippen LogP contribution < -0.4 is 15.4 Å². The van der Waals surface area contributed by atoms with E-state index in [0.717, 1.165) is 17.6 Å². The zero-order valence-corrected chi connectivity index (χ0v) is 12.5. The van der Waals surface area contributed by atoms with Gasteiger partial charge in [-0.2, -0.15) is 0 Å². The summed E-state index contributed by atoms with van der Waals surface area (Å²) in [6.45, 7) is 4.21. The lowest BCUT2D eigenvalue weighted by Crippen LogP contribution is -2.34. The van der Waals surface area contributed by atoms with Gasteiger partial charge in [0.25, 0.3) is 5.91 Å². The Morgan fingerprint density at radius 1 is 1.44 bits per heavy atom. The number of carbonyl (C=O) groups excluding carboxylic acids is 1. The van der Waals surface area contributed by atoms with Crippen LogP contribution in [0, 0.1) is 0 Å². The van der Waals surface area contributed by atoms with Gasteiger partial charge in [-0.3, -0.25) is 4.79 Å². The molecule has 0 atom stereocenters. The van der Waals surface area contributed by atoms with E-state index in [-0.39, 0.29) is 12.5 Å². The third kappa shape index (κ3) is 5.71. The first-order chi connectivity index (χ1) is 8.63. The molecule has 0 aromatic heterocycles. The summed E-state index contributed by atoms with van der Waals surface area (Å²) in [4.78, 5) is 11.4. The van der Waals surface area contributed by atoms with Crippen LogP contribution in [0.4, 0.5) is 0 Å². The standard InChI is InChI=1S/C12H16BrClN2O2/c1-2-15-5-6-16-12(17)8-18-11-4-3-9(13)7-10(11)14/h3-4,7,15H,2,5-6,8H2,1H3,(H,16,17). The molecule has 6 heteroatoms. The Morgan fingerprint density at radius 3 is 2.89 bits per heavy atom. The maximum atomic E-state index is 11.4. The van der Waals surface area contributed by atoms with E-state index in [9.17, 15) is 4.79 Å². The largest absolute Gasteiger partial charge is 0.482 e. The number of halogens is 2. The second-order valence-corrected chi connectivity index (χ2v) is 4.89. The van der Waals surface area contributed by atoms with Crippen LogP contribution in [0.1, 0.15) is 6.92 Å². The number of carbonyl (C=O) groups is 1. The van der Waals surface area contributed by atoms with E-state index in [1.807, 2.05) is 13.0 Å². The molecule has 4 nitrogen and oxygen atoms in total. The van der Waals surface area contributed by atoms with Crippen LogP contribution in [0.25, 0.3) is 0 Å². The molecule has 0 aliphatic heterocycles. The fourth-order valence-corrected chi connectivity index (χ4v) is 1.98. The topological polar surface area (TPSA) is 50.4 Å². The molecular formula is C12H16BrClN2O2. The first-order valence-corrected chi connectivity index (χ1v) is 6.86. The van der Waals surface area contributed by atoms with Crippen molar-refractivity contribution in [2.24, 2.45) is 0 Å². The molecule has 0 saturated heterocycles. The van der Waals surface area contributed by atoms with E-state index in [2.05, 4.69) is 26.6 Å². The minimum Gasteiger partial charge on any atom is -0.482 e. The molecule has 0 bridgehead atoms. The van der Waals surface area contributed by atoms with E-state index in [1.54, 1.807) is 12.1 Å². The SMILES string of the molecule is CCNCCNC(=O)COc1ccc(Br)cc1Cl. The van der Waals surface area contributed by atoms with Gasteiger partial charge in [0, 0.05) is 17.6 Å². The number of ether oxygens (including phenoxy) is 1. The Bertz CT molecular complexity index is 402. The van der Waals surface area contributed by atoms with Crippen LogP contribution in [0.2, 0.25) is 5.02 Å². The Morgan fingerprint density at radius 2 is 2.22 bits per heavy atom. The van der Waals surface area contributed by atoms with Gasteiger partial charge in [-0.05, 0) is 24.7 Å². The zero-order valence-electron chi connectivity index (χ0n) is 10.1. The summed E-state index contributed by atoms with van der Waals surface area (Å²) >= 11 is 9.26. The molecule has 18 heavy (non-hydrogen) atoms. The third-order valence-electron chi connectivity index (χ3n) is 2.13. The highest BCUT2D eigenvalue weighted by molar-refractivity contribution is 9.10. The lowest BCUT2D eigenvalue weighted by atomic mass is 10.3. The van der Waals surface area contributed by atoms with Gasteiger partial charge < -0.3 is 15.4 Å². The monoisotopic (exact) mass is 334 g/mol. The summed E-state index contributed by atoms with van der Waals surface area (Å²) in [5.74, 6) is 0.341. The maximum Gasteiger partial charge on any atom is 0.257 e. The summed E-state index contributed by atoms with van der Waals surface area (Å²) < 4.78 is 6.20. The van der Waals surface area contributed by atoms with Crippen molar-refractivity contribution in [2.75, 3.05) is 26.2 Å². The molecule has 100 valence electrons. The Kier molecular flexibility index (Phi) is 7.08. The molecule has 1 aromatic carbocycles. The Hall–Kier alpha value is -0.780. The average molecular weight is 336 g/mol. The highest BCUT2D eigenvalue weighted by Crippen LogP contribution is 2.27. The van der Waals surface area contributed by atoms with Gasteiger partial charge in [-0.25, -0.2) is 0 Å². The van der Waals surface area contributed by atoms with Gasteiger partial charge in [-0.1, -0.05) is 34.5 Å². The number of nitrogens with one attached hydrogen (secondary N) is 2. The number of hydrogen-bond acceptors (Lipinski definition) is 3. The fourth-order valence-electron chi connectivity index (χ4n) is 1.25. The van der Waals surface area contributed by atoms with Gasteiger partial charge in [0.1, 0.15) is 5.75 Å². The van der Waals surface area contributed by atoms with Crippen LogP contribution in [-0.2, 0) is 4.79 Å². The van der Waals surface area contributed by atoms with E-state index >= 15 is 0 Å². The van der Waals surface area contributed by atoms with Crippen molar-refractivity contribution in [2.45, 2.75) is 6.92 Å². The van der Waals surface area contributed by atoms with Crippen LogP contribution in [0.3, 0.4) is 0 Å². The summed E-state index contributed by atoms with van der Waals surface area (Å²) in [6, 6.07) is 5.25. The van der Waals surface area contributed by atoms with Crippen LogP contribution in [0.15, 0.2) is 22.7 Å². The average Bonchev–Trinajstić information content (AvgIpc) is 2.33. The highest BCUT2D eigenvalue weighted by atomic mass is 79.9. The molecule has 0 radical (unpaired) electrons. The Balaban J connectivity index is 2.29. The number of amides is 1. The van der Waals surface area contributed by atoms with Gasteiger partial charge in [0.15, 0.2) is 6.61 Å². The molecule has 0 unspecified atom stereocenters. The minimum absolute atomic E-state index is 0.0342. The van der Waals surface area contributed by atoms with Gasteiger partial charge in [0.05, 0.1) is 5.02 Å². The summed E-state index contributed by atoms with van der Waals surface area (Å²) in [6.07, 6.45) is 0. The molecule has 0 aliphatic rings. The molecule has 0 heterocycles. The van der Waals surface area contributed by atoms with Crippen LogP contribution in [-0.4, -0.2) is 32.1 Å². The minimum atomic E-state index is -0.160. The second kappa shape index (κ2) is 8.34. The molecule has 0 fully saturated rings. The van der Waals surface area contributed by atoms with Crippen molar-refractivity contribution in [3.8, 4) is 5.75 Å². The van der Waals surface area contributed by atoms with Crippen LogP contribution >= 0.6 is 27.5 Å². The molecule has 0 aliphatic carbocycles. The van der Waals surface area contributed by atoms with Gasteiger partial charge in [-0.15, -0.1) is 0 Å². The van der Waals surface area contributed by atoms with E-state index in [4.69, 9.17) is 16.3 Å². The Labute approximate surface area is 120 Å². The predicted molar refractivity (Wildman–Crippen MR) is 76.2 cm³/mol. The lowest BCUT2D eigenvalue weighted by molar-refractivity contribution is -0.123. The molecule has 1 amide bonds. The number of rotatable bonds is 7. The second-order valence-electron chi connectivity index (χ2n) is 3.57. The molecule has 1 rings (SSSR count). The van der Waals surface area contributed by atoms with Crippen molar-refractivity contribution in [1.29, 1.82) is 0 Å². The van der Waals surface area contributed by atoms with Crippen LogP contribution in [0.5, 0.6) is 5.75 Å². The van der Waals surface area contributed by atoms with Crippen molar-refractivity contribution in [3.05, 3.63) is 27.7 Å². The fraction of sp³-hybridized carbons (Fsp3) is 0.417. The summed E-state index contributed by atoms with van der Waals surface area (Å²) in [7, 11) is 0. The molecular weight excluding hydrogens is 320 g/mol. The molecule has 0 saturated carbocycles. The van der Waals surface area contributed by atoms with Crippen molar-refractivity contribution in [1.82, 2.24) is 10.6 Å². The summed E-state index contributed by atoms with van der Waals surface area (Å²) in [5.41, 5.74) is 0. The lowest BCUT2D eigenvalue weighted by Gasteiger charge is -2.09. The van der Waals surface area contributed by atoms with Gasteiger partial charge >= 0.3 is 0 Å². The normalized spacial score (nSPS) is 10.2. The molecule has 0 spiro atoms. The number of likely N-dealkylation sites (N-methyl/N-ethyl adjacent to an activating group) is 1. The van der Waals surface area contributed by atoms with Crippen molar-refractivity contribution >= 4 is 33.4 Å². The first kappa shape index (κ1) is 15.3.